The van der Waals surface area contributed by atoms with Gasteiger partial charge in [-0.2, -0.15) is 0 Å². The van der Waals surface area contributed by atoms with Crippen LogP contribution in [0.3, 0.4) is 0 Å². The van der Waals surface area contributed by atoms with Gasteiger partial charge in [0.1, 0.15) is 0 Å². The lowest BCUT2D eigenvalue weighted by Gasteiger charge is -2.25. The maximum Gasteiger partial charge on any atom is 0.335 e. The van der Waals surface area contributed by atoms with Crippen molar-refractivity contribution in [2.45, 2.75) is 25.4 Å². The van der Waals surface area contributed by atoms with E-state index in [9.17, 15) is 4.79 Å². The van der Waals surface area contributed by atoms with Crippen LogP contribution in [0.1, 0.15) is 40.4 Å². The number of hydrogen-bond acceptors (Lipinski definition) is 4. The fourth-order valence-corrected chi connectivity index (χ4v) is 3.44. The summed E-state index contributed by atoms with van der Waals surface area (Å²) < 4.78 is 10.7. The Kier molecular flexibility index (Phi) is 5.24. The Labute approximate surface area is 147 Å². The van der Waals surface area contributed by atoms with Gasteiger partial charge < -0.3 is 14.6 Å². The average molecular weight is 341 g/mol. The van der Waals surface area contributed by atoms with Crippen LogP contribution in [0.5, 0.6) is 11.5 Å². The van der Waals surface area contributed by atoms with Crippen LogP contribution in [-0.2, 0) is 6.54 Å². The van der Waals surface area contributed by atoms with Crippen molar-refractivity contribution in [1.82, 2.24) is 4.90 Å². The third-order valence-corrected chi connectivity index (χ3v) is 4.74. The number of ether oxygens (including phenoxy) is 2. The first-order valence-corrected chi connectivity index (χ1v) is 8.40. The van der Waals surface area contributed by atoms with Crippen LogP contribution in [0.4, 0.5) is 0 Å². The van der Waals surface area contributed by atoms with E-state index in [0.29, 0.717) is 11.6 Å². The molecule has 3 rings (SSSR count). The summed E-state index contributed by atoms with van der Waals surface area (Å²) in [6.45, 7) is 1.83. The van der Waals surface area contributed by atoms with Crippen molar-refractivity contribution >= 4 is 5.97 Å². The second kappa shape index (κ2) is 7.57. The van der Waals surface area contributed by atoms with Gasteiger partial charge in [-0.15, -0.1) is 0 Å². The van der Waals surface area contributed by atoms with Crippen LogP contribution in [0.15, 0.2) is 42.5 Å². The monoisotopic (exact) mass is 341 g/mol. The van der Waals surface area contributed by atoms with Crippen molar-refractivity contribution in [3.63, 3.8) is 0 Å². The molecule has 2 aromatic carbocycles. The van der Waals surface area contributed by atoms with Crippen molar-refractivity contribution in [3.8, 4) is 11.5 Å². The van der Waals surface area contributed by atoms with E-state index in [1.807, 2.05) is 18.2 Å². The highest BCUT2D eigenvalue weighted by atomic mass is 16.5. The highest BCUT2D eigenvalue weighted by Gasteiger charge is 2.26. The number of benzene rings is 2. The fourth-order valence-electron chi connectivity index (χ4n) is 3.44. The quantitative estimate of drug-likeness (QED) is 0.867. The van der Waals surface area contributed by atoms with E-state index < -0.39 is 5.97 Å². The molecule has 25 heavy (non-hydrogen) atoms. The van der Waals surface area contributed by atoms with Gasteiger partial charge in [0.2, 0.25) is 0 Å². The molecule has 0 bridgehead atoms. The Morgan fingerprint density at radius 1 is 1.12 bits per heavy atom. The Morgan fingerprint density at radius 3 is 2.48 bits per heavy atom. The molecule has 0 spiro atoms. The Morgan fingerprint density at radius 2 is 1.84 bits per heavy atom. The lowest BCUT2D eigenvalue weighted by Crippen LogP contribution is -2.22. The van der Waals surface area contributed by atoms with Gasteiger partial charge in [0, 0.05) is 12.6 Å². The van der Waals surface area contributed by atoms with E-state index in [0.717, 1.165) is 43.0 Å². The minimum absolute atomic E-state index is 0.321. The molecule has 0 radical (unpaired) electrons. The number of aromatic carboxylic acids is 1. The number of hydrogen-bond donors (Lipinski definition) is 1. The molecule has 1 aliphatic rings. The van der Waals surface area contributed by atoms with Crippen molar-refractivity contribution in [1.29, 1.82) is 0 Å². The lowest BCUT2D eigenvalue weighted by atomic mass is 10.0. The van der Waals surface area contributed by atoms with Gasteiger partial charge in [0.05, 0.1) is 19.8 Å². The Hall–Kier alpha value is -2.53. The molecule has 1 atom stereocenters. The zero-order chi connectivity index (χ0) is 17.8. The van der Waals surface area contributed by atoms with Crippen molar-refractivity contribution in [3.05, 3.63) is 59.2 Å². The van der Waals surface area contributed by atoms with Crippen LogP contribution < -0.4 is 9.47 Å². The van der Waals surface area contributed by atoms with Gasteiger partial charge in [0.15, 0.2) is 11.5 Å². The molecule has 2 aromatic rings. The number of nitrogens with zero attached hydrogens (tertiary/aromatic N) is 1. The summed E-state index contributed by atoms with van der Waals surface area (Å²) in [4.78, 5) is 13.4. The molecule has 1 fully saturated rings. The minimum atomic E-state index is -0.893. The molecule has 1 heterocycles. The van der Waals surface area contributed by atoms with E-state index in [1.54, 1.807) is 26.4 Å². The number of carboxylic acids is 1. The zero-order valence-corrected chi connectivity index (χ0v) is 14.6. The second-order valence-corrected chi connectivity index (χ2v) is 6.24. The summed E-state index contributed by atoms with van der Waals surface area (Å²) in [5.41, 5.74) is 2.66. The first-order valence-electron chi connectivity index (χ1n) is 8.40. The van der Waals surface area contributed by atoms with Crippen LogP contribution in [0.2, 0.25) is 0 Å². The highest BCUT2D eigenvalue weighted by molar-refractivity contribution is 5.87. The standard InChI is InChI=1S/C20H23NO4/c1-24-18-10-9-16(12-19(18)25-2)17-4-3-11-21(17)13-14-5-7-15(8-6-14)20(22)23/h5-10,12,17H,3-4,11,13H2,1-2H3,(H,22,23). The summed E-state index contributed by atoms with van der Waals surface area (Å²) >= 11 is 0. The Bertz CT molecular complexity index is 742. The predicted octanol–water partition coefficient (Wildman–Crippen LogP) is 3.74. The molecule has 5 heteroatoms. The summed E-state index contributed by atoms with van der Waals surface area (Å²) in [5.74, 6) is 0.591. The fraction of sp³-hybridized carbons (Fsp3) is 0.350. The molecule has 1 aliphatic heterocycles. The number of likely N-dealkylation sites (tertiary alicyclic amines) is 1. The molecular weight excluding hydrogens is 318 g/mol. The third kappa shape index (κ3) is 3.77. The summed E-state index contributed by atoms with van der Waals surface area (Å²) in [6.07, 6.45) is 2.24. The smallest absolute Gasteiger partial charge is 0.335 e. The van der Waals surface area contributed by atoms with Gasteiger partial charge >= 0.3 is 5.97 Å². The number of carbonyl (C=O) groups is 1. The van der Waals surface area contributed by atoms with Crippen LogP contribution in [0, 0.1) is 0 Å². The number of carboxylic acid groups (broad SMARTS) is 1. The first kappa shape index (κ1) is 17.3. The van der Waals surface area contributed by atoms with Crippen molar-refractivity contribution < 1.29 is 19.4 Å². The maximum absolute atomic E-state index is 11.0. The molecule has 1 N–H and O–H groups in total. The molecule has 1 saturated heterocycles. The molecule has 0 amide bonds. The molecule has 0 saturated carbocycles. The SMILES string of the molecule is COc1ccc(C2CCCN2Cc2ccc(C(=O)O)cc2)cc1OC. The molecule has 1 unspecified atom stereocenters. The average Bonchev–Trinajstić information content (AvgIpc) is 3.09. The van der Waals surface area contributed by atoms with Crippen molar-refractivity contribution in [2.24, 2.45) is 0 Å². The normalized spacial score (nSPS) is 17.4. The predicted molar refractivity (Wildman–Crippen MR) is 95.3 cm³/mol. The van der Waals surface area contributed by atoms with Gasteiger partial charge in [-0.05, 0) is 54.8 Å². The highest BCUT2D eigenvalue weighted by Crippen LogP contribution is 2.37. The van der Waals surface area contributed by atoms with Crippen LogP contribution in [-0.4, -0.2) is 36.7 Å². The molecule has 132 valence electrons. The van der Waals surface area contributed by atoms with Gasteiger partial charge in [-0.25, -0.2) is 4.79 Å². The van der Waals surface area contributed by atoms with Gasteiger partial charge in [0.25, 0.3) is 0 Å². The first-order chi connectivity index (χ1) is 12.1. The maximum atomic E-state index is 11.0. The minimum Gasteiger partial charge on any atom is -0.493 e. The van der Waals surface area contributed by atoms with Gasteiger partial charge in [-0.3, -0.25) is 4.90 Å². The van der Waals surface area contributed by atoms with Crippen LogP contribution >= 0.6 is 0 Å². The molecule has 0 aliphatic carbocycles. The van der Waals surface area contributed by atoms with E-state index in [1.165, 1.54) is 5.56 Å². The van der Waals surface area contributed by atoms with E-state index in [2.05, 4.69) is 17.0 Å². The zero-order valence-electron chi connectivity index (χ0n) is 14.6. The summed E-state index contributed by atoms with van der Waals surface area (Å²) in [6, 6.07) is 13.6. The molecule has 5 nitrogen and oxygen atoms in total. The lowest BCUT2D eigenvalue weighted by molar-refractivity contribution is 0.0697. The topological polar surface area (TPSA) is 59.0 Å². The third-order valence-electron chi connectivity index (χ3n) is 4.74. The van der Waals surface area contributed by atoms with Gasteiger partial charge in [-0.1, -0.05) is 18.2 Å². The second-order valence-electron chi connectivity index (χ2n) is 6.24. The summed E-state index contributed by atoms with van der Waals surface area (Å²) in [5, 5.41) is 9.01. The van der Waals surface area contributed by atoms with E-state index >= 15 is 0 Å². The summed E-state index contributed by atoms with van der Waals surface area (Å²) in [7, 11) is 3.29. The van der Waals surface area contributed by atoms with E-state index in [-0.39, 0.29) is 0 Å². The van der Waals surface area contributed by atoms with Crippen molar-refractivity contribution in [2.75, 3.05) is 20.8 Å². The molecule has 0 aromatic heterocycles. The Balaban J connectivity index is 1.77. The molecular formula is C20H23NO4. The number of methoxy groups -OCH3 is 2. The largest absolute Gasteiger partial charge is 0.493 e. The van der Waals surface area contributed by atoms with E-state index in [4.69, 9.17) is 14.6 Å². The number of rotatable bonds is 6. The van der Waals surface area contributed by atoms with Crippen LogP contribution in [0.25, 0.3) is 0 Å².